The zero-order valence-electron chi connectivity index (χ0n) is 50.8. The quantitative estimate of drug-likeness (QED) is 0.0308. The van der Waals surface area contributed by atoms with Gasteiger partial charge in [0.25, 0.3) is 5.56 Å². The van der Waals surface area contributed by atoms with E-state index in [9.17, 15) is 24.6 Å². The number of aryl methyl sites for hydroxylation is 6. The lowest BCUT2D eigenvalue weighted by molar-refractivity contribution is -0.138. The van der Waals surface area contributed by atoms with E-state index in [1.165, 1.54) is 157 Å². The van der Waals surface area contributed by atoms with Crippen molar-refractivity contribution in [2.45, 2.75) is 215 Å². The highest BCUT2D eigenvalue weighted by atomic mass is 32.1. The Morgan fingerprint density at radius 3 is 1.62 bits per heavy atom. The number of para-hydroxylation sites is 1. The summed E-state index contributed by atoms with van der Waals surface area (Å²) in [5.74, 6) is -2.13. The van der Waals surface area contributed by atoms with Crippen molar-refractivity contribution in [3.05, 3.63) is 136 Å². The van der Waals surface area contributed by atoms with Crippen LogP contribution in [0.3, 0.4) is 0 Å². The number of unbranched alkanes of at least 4 members (excludes halogenated alkanes) is 13. The van der Waals surface area contributed by atoms with Crippen LogP contribution in [0, 0.1) is 12.5 Å². The molecule has 0 bridgehead atoms. The van der Waals surface area contributed by atoms with Crippen LogP contribution in [0.25, 0.3) is 56.3 Å². The second-order valence-corrected chi connectivity index (χ2v) is 28.4. The largest absolute Gasteiger partial charge is 0.486 e. The number of thiophene rings is 4. The minimum atomic E-state index is -1.49. The number of hydrogen-bond acceptors (Lipinski definition) is 9. The Labute approximate surface area is 520 Å². The van der Waals surface area contributed by atoms with Crippen LogP contribution in [0.1, 0.15) is 208 Å². The molecule has 13 heteroatoms. The van der Waals surface area contributed by atoms with E-state index in [1.54, 1.807) is 11.3 Å². The fraction of sp³-hybridized carbons (Fsp3) is 0.493. The van der Waals surface area contributed by atoms with Crippen molar-refractivity contribution in [1.29, 1.82) is 0 Å². The molecule has 1 atom stereocenters. The van der Waals surface area contributed by atoms with Crippen molar-refractivity contribution < 1.29 is 19.8 Å². The van der Waals surface area contributed by atoms with Gasteiger partial charge in [0.2, 0.25) is 0 Å². The van der Waals surface area contributed by atoms with Gasteiger partial charge in [0.15, 0.2) is 0 Å². The molecule has 8 nitrogen and oxygen atoms in total. The number of aliphatic carboxylic acids is 2. The van der Waals surface area contributed by atoms with Crippen molar-refractivity contribution in [2.75, 3.05) is 11.4 Å². The average Bonchev–Trinajstić information content (AvgIpc) is 2.89. The van der Waals surface area contributed by atoms with Gasteiger partial charge in [-0.25, -0.2) is 4.85 Å². The third-order valence-corrected chi connectivity index (χ3v) is 23.1. The molecule has 1 aliphatic rings. The van der Waals surface area contributed by atoms with Gasteiger partial charge in [-0.05, 0) is 164 Å². The van der Waals surface area contributed by atoms with Crippen molar-refractivity contribution in [2.24, 2.45) is 5.92 Å². The number of anilines is 2. The molecule has 0 saturated heterocycles. The normalized spacial score (nSPS) is 13.2. The fourth-order valence-electron chi connectivity index (χ4n) is 11.9. The first-order chi connectivity index (χ1) is 40.9. The Bertz CT molecular complexity index is 3540. The lowest BCUT2D eigenvalue weighted by atomic mass is 9.97. The lowest BCUT2D eigenvalue weighted by Gasteiger charge is -2.31. The van der Waals surface area contributed by atoms with E-state index in [4.69, 9.17) is 6.57 Å². The molecule has 0 spiro atoms. The van der Waals surface area contributed by atoms with Gasteiger partial charge in [-0.1, -0.05) is 162 Å². The van der Waals surface area contributed by atoms with Gasteiger partial charge >= 0.3 is 17.6 Å². The summed E-state index contributed by atoms with van der Waals surface area (Å²) in [6.07, 6.45) is 31.3. The molecule has 8 rings (SSSR count). The predicted molar refractivity (Wildman–Crippen MR) is 362 cm³/mol. The van der Waals surface area contributed by atoms with Crippen LogP contribution < -0.4 is 19.7 Å². The van der Waals surface area contributed by atoms with E-state index in [-0.39, 0.29) is 9.20 Å². The first-order valence-electron chi connectivity index (χ1n) is 31.7. The first-order valence-corrected chi connectivity index (χ1v) is 35.8. The number of hydrogen-bond donors (Lipinski definition) is 2. The van der Waals surface area contributed by atoms with Gasteiger partial charge in [-0.3, -0.25) is 19.0 Å². The average molecular weight is 1220 g/mol. The third-order valence-electron chi connectivity index (χ3n) is 16.7. The van der Waals surface area contributed by atoms with Crippen LogP contribution in [-0.2, 0) is 54.7 Å². The molecular weight excluding hydrogens is 1140 g/mol. The molecule has 0 amide bonds. The highest BCUT2D eigenvalue weighted by molar-refractivity contribution is 7.29. The van der Waals surface area contributed by atoms with Gasteiger partial charge in [0.1, 0.15) is 11.2 Å². The van der Waals surface area contributed by atoms with Crippen LogP contribution in [0.5, 0.6) is 0 Å². The minimum Gasteiger partial charge on any atom is -0.486 e. The van der Waals surface area contributed by atoms with Crippen LogP contribution in [0.2, 0.25) is 0 Å². The maximum Gasteiger partial charge on any atom is 0.336 e. The maximum absolute atomic E-state index is 14.0. The summed E-state index contributed by atoms with van der Waals surface area (Å²) in [5.41, 5.74) is 11.1. The second-order valence-electron chi connectivity index (χ2n) is 23.1. The van der Waals surface area contributed by atoms with Crippen LogP contribution in [-0.4, -0.2) is 33.3 Å². The van der Waals surface area contributed by atoms with Crippen molar-refractivity contribution in [3.8, 4) is 39.7 Å². The Balaban J connectivity index is 1.24. The molecule has 7 aromatic rings. The Morgan fingerprint density at radius 2 is 1.08 bits per heavy atom. The zero-order valence-corrected chi connectivity index (χ0v) is 54.9. The van der Waals surface area contributed by atoms with Crippen molar-refractivity contribution in [3.63, 3.8) is 0 Å². The smallest absolute Gasteiger partial charge is 0.336 e. The standard InChI is InChI=1S/C71H89N3O5S5/c1-8-14-19-23-31-51-41-60(80-59(51)45-63-69(77)74(47-64(75)76)70(84-63)65(72-7)71(78)79)66-54(33-25-21-16-10-3)43-62(82-66)68-55(34-26-22-17-11-4)44-61(83-68)67-53(32-24-20-15-9-2)42-58(81-67)52-38-39-57-50(40-52)37-36-49-30-27-28-35-56(49)73(57)46-48(13-6)29-18-12-5/h27-28,30,35,38-45,48H,8-26,29,31-34,36-37,46-47H2,1-6H3,(H,75,76)(H,78,79)/b63-45-,70-65-. The maximum atomic E-state index is 14.0. The molecule has 6 heterocycles. The molecule has 84 heavy (non-hydrogen) atoms. The van der Waals surface area contributed by atoms with E-state index < -0.39 is 29.7 Å². The van der Waals surface area contributed by atoms with Gasteiger partial charge in [-0.15, -0.1) is 56.7 Å². The van der Waals surface area contributed by atoms with Crippen LogP contribution >= 0.6 is 56.7 Å². The Morgan fingerprint density at radius 1 is 0.583 bits per heavy atom. The summed E-state index contributed by atoms with van der Waals surface area (Å²) in [4.78, 5) is 54.3. The summed E-state index contributed by atoms with van der Waals surface area (Å²) in [6, 6.07) is 26.4. The number of benzene rings is 2. The number of fused-ring (bicyclic) bond motifs is 2. The number of carboxylic acid groups (broad SMARTS) is 2. The number of aromatic nitrogens is 1. The van der Waals surface area contributed by atoms with Gasteiger partial charge in [0.05, 0.1) is 11.1 Å². The summed E-state index contributed by atoms with van der Waals surface area (Å²) in [7, 11) is 0. The van der Waals surface area contributed by atoms with Crippen molar-refractivity contribution >= 4 is 91.8 Å². The van der Waals surface area contributed by atoms with Gasteiger partial charge < -0.3 is 15.1 Å². The molecule has 2 N–H and O–H groups in total. The number of thiazole rings is 1. The molecule has 5 aromatic heterocycles. The van der Waals surface area contributed by atoms with Crippen molar-refractivity contribution in [1.82, 2.24) is 4.57 Å². The van der Waals surface area contributed by atoms with Crippen LogP contribution in [0.15, 0.2) is 71.5 Å². The molecule has 0 aliphatic carbocycles. The molecular formula is C71H89N3O5S5. The molecule has 448 valence electrons. The topological polar surface area (TPSA) is 104 Å². The highest BCUT2D eigenvalue weighted by Gasteiger charge is 2.27. The zero-order chi connectivity index (χ0) is 59.5. The van der Waals surface area contributed by atoms with Gasteiger partial charge in [0, 0.05) is 56.9 Å². The first kappa shape index (κ1) is 64.6. The van der Waals surface area contributed by atoms with E-state index in [1.807, 2.05) is 40.1 Å². The molecule has 0 fully saturated rings. The lowest BCUT2D eigenvalue weighted by Crippen LogP contribution is -2.35. The summed E-state index contributed by atoms with van der Waals surface area (Å²) in [6.45, 7) is 21.7. The molecule has 0 saturated carbocycles. The summed E-state index contributed by atoms with van der Waals surface area (Å²) in [5, 5.41) is 19.7. The second kappa shape index (κ2) is 32.4. The molecule has 1 unspecified atom stereocenters. The monoisotopic (exact) mass is 1220 g/mol. The highest BCUT2D eigenvalue weighted by Crippen LogP contribution is 2.51. The van der Waals surface area contributed by atoms with Gasteiger partial charge in [-0.2, -0.15) is 0 Å². The number of carbonyl (C=O) groups is 2. The van der Waals surface area contributed by atoms with E-state index >= 15 is 0 Å². The van der Waals surface area contributed by atoms with Crippen LogP contribution in [0.4, 0.5) is 11.4 Å². The summed E-state index contributed by atoms with van der Waals surface area (Å²) < 4.78 is 1.00. The SMILES string of the molecule is [C-]#[N+]/C(C(=O)O)=c1\s/c(=C\c2sc(-c3sc(-c4sc(-c5sc(-c6ccc7c(c6)CCc6ccccc6N7CC(CC)CCCC)cc5CCCCCC)cc4CCCCCC)cc3CCCCCC)cc2CCCCCC)c(=O)n1CC(=O)O. The van der Waals surface area contributed by atoms with E-state index in [0.29, 0.717) is 5.92 Å². The Kier molecular flexibility index (Phi) is 24.9. The van der Waals surface area contributed by atoms with E-state index in [0.717, 1.165) is 121 Å². The third kappa shape index (κ3) is 16.4. The number of carboxylic acids is 2. The number of nitrogens with zero attached hydrogens (tertiary/aromatic N) is 3. The minimum absolute atomic E-state index is 0.150. The molecule has 0 radical (unpaired) electrons. The molecule has 2 aromatic carbocycles. The number of rotatable bonds is 34. The molecule has 1 aliphatic heterocycles. The fourth-order valence-corrected chi connectivity index (χ4v) is 18.3. The predicted octanol–water partition coefficient (Wildman–Crippen LogP) is 19.8. The summed E-state index contributed by atoms with van der Waals surface area (Å²) >= 11 is 8.43. The Hall–Kier alpha value is -5.36. The van der Waals surface area contributed by atoms with E-state index in [2.05, 4.69) is 118 Å².